The first kappa shape index (κ1) is 15.6. The first-order chi connectivity index (χ1) is 11.0. The molecule has 0 saturated carbocycles. The van der Waals surface area contributed by atoms with Crippen LogP contribution in [0.3, 0.4) is 0 Å². The van der Waals surface area contributed by atoms with E-state index < -0.39 is 0 Å². The Kier molecular flexibility index (Phi) is 4.11. The Morgan fingerprint density at radius 2 is 2.22 bits per heavy atom. The molecule has 0 spiro atoms. The van der Waals surface area contributed by atoms with Crippen LogP contribution in [0.4, 0.5) is 0 Å². The number of ether oxygens (including phenoxy) is 1. The molecule has 0 unspecified atom stereocenters. The largest absolute Gasteiger partial charge is 0.488 e. The highest BCUT2D eigenvalue weighted by molar-refractivity contribution is 6.01. The van der Waals surface area contributed by atoms with Gasteiger partial charge in [0.25, 0.3) is 0 Å². The lowest BCUT2D eigenvalue weighted by molar-refractivity contribution is 0.0834. The van der Waals surface area contributed by atoms with Gasteiger partial charge in [0, 0.05) is 23.5 Å². The fraction of sp³-hybridized carbons (Fsp3) is 0.444. The molecular formula is C18H23N3O2. The zero-order chi connectivity index (χ0) is 16.4. The van der Waals surface area contributed by atoms with Gasteiger partial charge in [-0.1, -0.05) is 17.3 Å². The van der Waals surface area contributed by atoms with Crippen molar-refractivity contribution in [3.05, 3.63) is 48.0 Å². The average Bonchev–Trinajstić information content (AvgIpc) is 3.00. The number of hydrogen-bond donors (Lipinski definition) is 0. The Balaban J connectivity index is 2.06. The molecule has 0 fully saturated rings. The van der Waals surface area contributed by atoms with E-state index in [0.29, 0.717) is 0 Å². The van der Waals surface area contributed by atoms with Gasteiger partial charge in [0.05, 0.1) is 0 Å². The van der Waals surface area contributed by atoms with Gasteiger partial charge in [-0.15, -0.1) is 0 Å². The van der Waals surface area contributed by atoms with E-state index in [1.165, 1.54) is 5.56 Å². The lowest BCUT2D eigenvalue weighted by atomic mass is 9.91. The van der Waals surface area contributed by atoms with Crippen molar-refractivity contribution < 1.29 is 9.57 Å². The van der Waals surface area contributed by atoms with E-state index in [1.807, 2.05) is 36.7 Å². The Hall–Kier alpha value is -2.30. The van der Waals surface area contributed by atoms with E-state index in [4.69, 9.17) is 9.57 Å². The number of rotatable bonds is 3. The van der Waals surface area contributed by atoms with Crippen molar-refractivity contribution in [1.29, 1.82) is 0 Å². The Bertz CT molecular complexity index is 703. The molecule has 0 saturated heterocycles. The van der Waals surface area contributed by atoms with Crippen molar-refractivity contribution in [2.45, 2.75) is 52.2 Å². The summed E-state index contributed by atoms with van der Waals surface area (Å²) in [4.78, 5) is 9.64. The van der Waals surface area contributed by atoms with Gasteiger partial charge in [-0.3, -0.25) is 4.57 Å². The van der Waals surface area contributed by atoms with Gasteiger partial charge >= 0.3 is 0 Å². The minimum Gasteiger partial charge on any atom is -0.488 e. The van der Waals surface area contributed by atoms with E-state index in [2.05, 4.69) is 30.1 Å². The third-order valence-electron chi connectivity index (χ3n) is 3.84. The molecule has 0 N–H and O–H groups in total. The van der Waals surface area contributed by atoms with Gasteiger partial charge < -0.3 is 9.57 Å². The predicted octanol–water partition coefficient (Wildman–Crippen LogP) is 3.62. The molecule has 0 amide bonds. The van der Waals surface area contributed by atoms with E-state index in [1.54, 1.807) is 12.5 Å². The smallest absolute Gasteiger partial charge is 0.185 e. The lowest BCUT2D eigenvalue weighted by Gasteiger charge is -2.33. The van der Waals surface area contributed by atoms with E-state index in [9.17, 15) is 0 Å². The molecule has 0 aliphatic carbocycles. The average molecular weight is 313 g/mol. The summed E-state index contributed by atoms with van der Waals surface area (Å²) >= 11 is 0. The molecule has 0 atom stereocenters. The Morgan fingerprint density at radius 1 is 1.39 bits per heavy atom. The number of aromatic nitrogens is 2. The number of oxime groups is 1. The molecule has 2 aromatic rings. The molecule has 23 heavy (non-hydrogen) atoms. The molecule has 122 valence electrons. The van der Waals surface area contributed by atoms with Crippen molar-refractivity contribution in [2.24, 2.45) is 5.16 Å². The minimum atomic E-state index is -0.133. The second-order valence-electron chi connectivity index (χ2n) is 6.68. The van der Waals surface area contributed by atoms with E-state index >= 15 is 0 Å². The van der Waals surface area contributed by atoms with Gasteiger partial charge in [-0.2, -0.15) is 0 Å². The third-order valence-corrected chi connectivity index (χ3v) is 3.84. The van der Waals surface area contributed by atoms with Gasteiger partial charge in [0.15, 0.2) is 5.84 Å². The molecule has 3 rings (SSSR count). The molecule has 1 aliphatic rings. The molecule has 1 aromatic carbocycles. The molecule has 1 aromatic heterocycles. The summed E-state index contributed by atoms with van der Waals surface area (Å²) in [6, 6.07) is 6.08. The summed E-state index contributed by atoms with van der Waals surface area (Å²) in [5, 5.41) is 4.36. The molecular weight excluding hydrogens is 290 g/mol. The zero-order valence-electron chi connectivity index (χ0n) is 14.1. The topological polar surface area (TPSA) is 48.6 Å². The third kappa shape index (κ3) is 3.38. The normalized spacial score (nSPS) is 16.8. The zero-order valence-corrected chi connectivity index (χ0v) is 14.1. The second-order valence-corrected chi connectivity index (χ2v) is 6.68. The Labute approximate surface area is 136 Å². The van der Waals surface area contributed by atoms with Gasteiger partial charge in [-0.25, -0.2) is 4.98 Å². The SMILES string of the molecule is CC(C)O/N=C(/c1cccc2c1CCC(C)(C)O2)n1ccnc1. The van der Waals surface area contributed by atoms with Crippen LogP contribution in [0.1, 0.15) is 45.2 Å². The van der Waals surface area contributed by atoms with Crippen LogP contribution < -0.4 is 4.74 Å². The molecule has 1 aliphatic heterocycles. The van der Waals surface area contributed by atoms with Crippen molar-refractivity contribution >= 4 is 5.84 Å². The second kappa shape index (κ2) is 6.07. The molecule has 0 bridgehead atoms. The van der Waals surface area contributed by atoms with Crippen molar-refractivity contribution in [3.63, 3.8) is 0 Å². The highest BCUT2D eigenvalue weighted by Crippen LogP contribution is 2.35. The van der Waals surface area contributed by atoms with Crippen LogP contribution in [0.5, 0.6) is 5.75 Å². The summed E-state index contributed by atoms with van der Waals surface area (Å²) in [5.74, 6) is 1.66. The maximum atomic E-state index is 6.13. The fourth-order valence-corrected chi connectivity index (χ4v) is 2.68. The Morgan fingerprint density at radius 3 is 2.91 bits per heavy atom. The highest BCUT2D eigenvalue weighted by Gasteiger charge is 2.29. The van der Waals surface area contributed by atoms with Crippen LogP contribution >= 0.6 is 0 Å². The number of imidazole rings is 1. The van der Waals surface area contributed by atoms with E-state index in [0.717, 1.165) is 30.0 Å². The predicted molar refractivity (Wildman–Crippen MR) is 89.9 cm³/mol. The number of hydrogen-bond acceptors (Lipinski definition) is 4. The number of nitrogens with zero attached hydrogens (tertiary/aromatic N) is 3. The van der Waals surface area contributed by atoms with Crippen molar-refractivity contribution in [1.82, 2.24) is 9.55 Å². The van der Waals surface area contributed by atoms with Crippen molar-refractivity contribution in [2.75, 3.05) is 0 Å². The number of fused-ring (bicyclic) bond motifs is 1. The maximum Gasteiger partial charge on any atom is 0.185 e. The van der Waals surface area contributed by atoms with Crippen molar-refractivity contribution in [3.8, 4) is 5.75 Å². The van der Waals surface area contributed by atoms with Crippen LogP contribution in [0, 0.1) is 0 Å². The van der Waals surface area contributed by atoms with Crippen LogP contribution in [-0.4, -0.2) is 27.1 Å². The van der Waals surface area contributed by atoms with Gasteiger partial charge in [-0.05, 0) is 46.6 Å². The first-order valence-corrected chi connectivity index (χ1v) is 8.00. The summed E-state index contributed by atoms with van der Waals surface area (Å²) in [7, 11) is 0. The van der Waals surface area contributed by atoms with Gasteiger partial charge in [0.2, 0.25) is 0 Å². The summed E-state index contributed by atoms with van der Waals surface area (Å²) in [6.07, 6.45) is 7.28. The standard InChI is InChI=1S/C18H23N3O2/c1-13(2)23-20-17(21-11-10-19-12-21)15-6-5-7-16-14(15)8-9-18(3,4)22-16/h5-7,10-13H,8-9H2,1-4H3/b20-17-. The molecule has 5 heteroatoms. The quantitative estimate of drug-likeness (QED) is 0.494. The molecule has 5 nitrogen and oxygen atoms in total. The molecule has 2 heterocycles. The monoisotopic (exact) mass is 313 g/mol. The van der Waals surface area contributed by atoms with Gasteiger partial charge in [0.1, 0.15) is 23.8 Å². The van der Waals surface area contributed by atoms with Crippen LogP contribution in [0.25, 0.3) is 0 Å². The van der Waals surface area contributed by atoms with Crippen LogP contribution in [0.15, 0.2) is 42.1 Å². The molecule has 0 radical (unpaired) electrons. The highest BCUT2D eigenvalue weighted by atomic mass is 16.6. The van der Waals surface area contributed by atoms with Crippen LogP contribution in [0.2, 0.25) is 0 Å². The van der Waals surface area contributed by atoms with E-state index in [-0.39, 0.29) is 11.7 Å². The maximum absolute atomic E-state index is 6.13. The first-order valence-electron chi connectivity index (χ1n) is 8.00. The summed E-state index contributed by atoms with van der Waals surface area (Å²) in [6.45, 7) is 8.16. The summed E-state index contributed by atoms with van der Waals surface area (Å²) < 4.78 is 8.01. The number of benzene rings is 1. The fourth-order valence-electron chi connectivity index (χ4n) is 2.68. The minimum absolute atomic E-state index is 0.0169. The summed E-state index contributed by atoms with van der Waals surface area (Å²) in [5.41, 5.74) is 2.06. The lowest BCUT2D eigenvalue weighted by Crippen LogP contribution is -2.33. The van der Waals surface area contributed by atoms with Crippen LogP contribution in [-0.2, 0) is 11.3 Å².